The Labute approximate surface area is 168 Å². The Balaban J connectivity index is 1.52. The van der Waals surface area contributed by atoms with Crippen molar-refractivity contribution >= 4 is 22.5 Å². The molecule has 3 aromatic rings. The molecule has 10 heteroatoms. The number of nitrogens with zero attached hydrogens (tertiary/aromatic N) is 6. The zero-order chi connectivity index (χ0) is 19.9. The van der Waals surface area contributed by atoms with Crippen LogP contribution in [0.5, 0.6) is 6.01 Å². The molecular weight excluding hydrogens is 372 g/mol. The average molecular weight is 396 g/mol. The zero-order valence-electron chi connectivity index (χ0n) is 16.3. The molecule has 0 amide bonds. The SMILES string of the molecule is CNCCOc1nc(CN=Nc2c[nH]c3ccccc23)nc(N2CCOCC2)n1. The number of fused-ring (bicyclic) bond motifs is 1. The highest BCUT2D eigenvalue weighted by Gasteiger charge is 2.17. The van der Waals surface area contributed by atoms with Gasteiger partial charge in [0.05, 0.1) is 13.2 Å². The summed E-state index contributed by atoms with van der Waals surface area (Å²) in [6.45, 7) is 4.18. The molecule has 0 aliphatic carbocycles. The minimum atomic E-state index is 0.238. The number of azo groups is 1. The average Bonchev–Trinajstić information content (AvgIpc) is 3.18. The third kappa shape index (κ3) is 4.84. The van der Waals surface area contributed by atoms with E-state index in [-0.39, 0.29) is 6.54 Å². The van der Waals surface area contributed by atoms with Crippen LogP contribution in [0.3, 0.4) is 0 Å². The highest BCUT2D eigenvalue weighted by Crippen LogP contribution is 2.25. The van der Waals surface area contributed by atoms with Crippen molar-refractivity contribution in [1.29, 1.82) is 0 Å². The third-order valence-electron chi connectivity index (χ3n) is 4.48. The van der Waals surface area contributed by atoms with Crippen LogP contribution in [0.15, 0.2) is 40.7 Å². The van der Waals surface area contributed by atoms with Crippen LogP contribution in [-0.4, -0.2) is 66.4 Å². The summed E-state index contributed by atoms with van der Waals surface area (Å²) in [6, 6.07) is 8.27. The minimum absolute atomic E-state index is 0.238. The van der Waals surface area contributed by atoms with Crippen LogP contribution in [0, 0.1) is 0 Å². The van der Waals surface area contributed by atoms with Gasteiger partial charge in [0.15, 0.2) is 5.82 Å². The Morgan fingerprint density at radius 1 is 1.21 bits per heavy atom. The van der Waals surface area contributed by atoms with Crippen LogP contribution in [0.1, 0.15) is 5.82 Å². The third-order valence-corrected chi connectivity index (χ3v) is 4.48. The number of ether oxygens (including phenoxy) is 2. The maximum absolute atomic E-state index is 5.67. The first kappa shape index (κ1) is 19.2. The summed E-state index contributed by atoms with van der Waals surface area (Å²) < 4.78 is 11.1. The highest BCUT2D eigenvalue weighted by atomic mass is 16.5. The Morgan fingerprint density at radius 3 is 2.93 bits per heavy atom. The molecule has 1 aliphatic heterocycles. The van der Waals surface area contributed by atoms with Gasteiger partial charge in [-0.2, -0.15) is 25.2 Å². The maximum Gasteiger partial charge on any atom is 0.321 e. The summed E-state index contributed by atoms with van der Waals surface area (Å²) in [7, 11) is 1.87. The number of hydrogen-bond acceptors (Lipinski definition) is 9. The molecular formula is C19H24N8O2. The fourth-order valence-electron chi connectivity index (χ4n) is 2.98. The van der Waals surface area contributed by atoms with E-state index in [1.807, 2.05) is 37.5 Å². The summed E-state index contributed by atoms with van der Waals surface area (Å²) in [6.07, 6.45) is 1.84. The summed E-state index contributed by atoms with van der Waals surface area (Å²) >= 11 is 0. The van der Waals surface area contributed by atoms with Gasteiger partial charge in [-0.25, -0.2) is 0 Å². The summed E-state index contributed by atoms with van der Waals surface area (Å²) in [5, 5.41) is 12.7. The molecule has 3 heterocycles. The van der Waals surface area contributed by atoms with Gasteiger partial charge in [-0.15, -0.1) is 0 Å². The van der Waals surface area contributed by atoms with E-state index in [9.17, 15) is 0 Å². The minimum Gasteiger partial charge on any atom is -0.462 e. The van der Waals surface area contributed by atoms with Crippen LogP contribution in [-0.2, 0) is 11.3 Å². The van der Waals surface area contributed by atoms with Crippen molar-refractivity contribution in [2.24, 2.45) is 10.2 Å². The molecule has 0 radical (unpaired) electrons. The largest absolute Gasteiger partial charge is 0.462 e. The second-order valence-corrected chi connectivity index (χ2v) is 6.50. The number of rotatable bonds is 8. The van der Waals surface area contributed by atoms with Crippen LogP contribution >= 0.6 is 0 Å². The summed E-state index contributed by atoms with van der Waals surface area (Å²) in [5.41, 5.74) is 1.81. The number of likely N-dealkylation sites (N-methyl/N-ethyl adjacent to an activating group) is 1. The molecule has 29 heavy (non-hydrogen) atoms. The van der Waals surface area contributed by atoms with E-state index in [1.165, 1.54) is 0 Å². The predicted octanol–water partition coefficient (Wildman–Crippen LogP) is 2.07. The Kier molecular flexibility index (Phi) is 6.22. The lowest BCUT2D eigenvalue weighted by Gasteiger charge is -2.26. The zero-order valence-corrected chi connectivity index (χ0v) is 16.3. The molecule has 1 saturated heterocycles. The van der Waals surface area contributed by atoms with Crippen molar-refractivity contribution in [3.63, 3.8) is 0 Å². The van der Waals surface area contributed by atoms with Crippen LogP contribution in [0.4, 0.5) is 11.6 Å². The Morgan fingerprint density at radius 2 is 2.07 bits per heavy atom. The summed E-state index contributed by atoms with van der Waals surface area (Å²) in [5.74, 6) is 1.10. The van der Waals surface area contributed by atoms with Crippen LogP contribution in [0.25, 0.3) is 10.9 Å². The molecule has 152 valence electrons. The van der Waals surface area contributed by atoms with E-state index >= 15 is 0 Å². The standard InChI is InChI=1S/C19H24N8O2/c1-20-6-9-29-19-24-17(23-18(25-19)27-7-10-28-11-8-27)13-22-26-16-12-21-15-5-3-2-4-14(15)16/h2-5,12,20-21H,6-11,13H2,1H3. The monoisotopic (exact) mass is 396 g/mol. The molecule has 0 spiro atoms. The Hall–Kier alpha value is -3.11. The molecule has 0 saturated carbocycles. The van der Waals surface area contributed by atoms with Crippen molar-refractivity contribution in [3.8, 4) is 6.01 Å². The number of hydrogen-bond donors (Lipinski definition) is 2. The first-order chi connectivity index (χ1) is 14.3. The van der Waals surface area contributed by atoms with E-state index in [4.69, 9.17) is 9.47 Å². The second kappa shape index (κ2) is 9.39. The number of anilines is 1. The molecule has 2 N–H and O–H groups in total. The van der Waals surface area contributed by atoms with Gasteiger partial charge in [-0.3, -0.25) is 0 Å². The van der Waals surface area contributed by atoms with E-state index in [0.717, 1.165) is 29.7 Å². The molecule has 0 bridgehead atoms. The predicted molar refractivity (Wildman–Crippen MR) is 109 cm³/mol. The maximum atomic E-state index is 5.67. The number of aromatic nitrogens is 4. The molecule has 0 atom stereocenters. The number of aromatic amines is 1. The van der Waals surface area contributed by atoms with Gasteiger partial charge in [-0.05, 0) is 13.1 Å². The van der Waals surface area contributed by atoms with E-state index in [2.05, 4.69) is 40.4 Å². The number of para-hydroxylation sites is 1. The lowest BCUT2D eigenvalue weighted by atomic mass is 10.2. The molecule has 10 nitrogen and oxygen atoms in total. The smallest absolute Gasteiger partial charge is 0.321 e. The molecule has 4 rings (SSSR count). The molecule has 2 aromatic heterocycles. The van der Waals surface area contributed by atoms with Gasteiger partial charge in [-0.1, -0.05) is 18.2 Å². The normalized spacial score (nSPS) is 14.7. The molecule has 1 aliphatic rings. The quantitative estimate of drug-likeness (QED) is 0.443. The van der Waals surface area contributed by atoms with Gasteiger partial charge >= 0.3 is 6.01 Å². The van der Waals surface area contributed by atoms with Crippen molar-refractivity contribution in [2.45, 2.75) is 6.54 Å². The molecule has 1 aromatic carbocycles. The van der Waals surface area contributed by atoms with Gasteiger partial charge in [0.25, 0.3) is 0 Å². The fraction of sp³-hybridized carbons (Fsp3) is 0.421. The van der Waals surface area contributed by atoms with Crippen molar-refractivity contribution in [1.82, 2.24) is 25.3 Å². The van der Waals surface area contributed by atoms with Gasteiger partial charge in [0.2, 0.25) is 5.95 Å². The first-order valence-electron chi connectivity index (χ1n) is 9.62. The van der Waals surface area contributed by atoms with Gasteiger partial charge < -0.3 is 24.7 Å². The number of morpholine rings is 1. The number of nitrogens with one attached hydrogen (secondary N) is 2. The fourth-order valence-corrected chi connectivity index (χ4v) is 2.98. The summed E-state index contributed by atoms with van der Waals surface area (Å²) in [4.78, 5) is 18.6. The van der Waals surface area contributed by atoms with Gasteiger partial charge in [0, 0.05) is 36.7 Å². The lowest BCUT2D eigenvalue weighted by molar-refractivity contribution is 0.122. The lowest BCUT2D eigenvalue weighted by Crippen LogP contribution is -2.37. The van der Waals surface area contributed by atoms with Crippen molar-refractivity contribution < 1.29 is 9.47 Å². The van der Waals surface area contributed by atoms with Crippen molar-refractivity contribution in [3.05, 3.63) is 36.3 Å². The first-order valence-corrected chi connectivity index (χ1v) is 9.62. The molecule has 0 unspecified atom stereocenters. The highest BCUT2D eigenvalue weighted by molar-refractivity contribution is 5.90. The number of H-pyrrole nitrogens is 1. The van der Waals surface area contributed by atoms with Gasteiger partial charge in [0.1, 0.15) is 18.8 Å². The van der Waals surface area contributed by atoms with Crippen molar-refractivity contribution in [2.75, 3.05) is 51.4 Å². The van der Waals surface area contributed by atoms with E-state index in [0.29, 0.717) is 44.1 Å². The van der Waals surface area contributed by atoms with Crippen LogP contribution in [0.2, 0.25) is 0 Å². The van der Waals surface area contributed by atoms with E-state index < -0.39 is 0 Å². The second-order valence-electron chi connectivity index (χ2n) is 6.50. The van der Waals surface area contributed by atoms with Crippen LogP contribution < -0.4 is 15.0 Å². The molecule has 1 fully saturated rings. The number of benzene rings is 1. The topological polar surface area (TPSA) is 113 Å². The van der Waals surface area contributed by atoms with E-state index in [1.54, 1.807) is 0 Å². The Bertz CT molecular complexity index is 968.